The van der Waals surface area contributed by atoms with Gasteiger partial charge in [0.1, 0.15) is 0 Å². The first-order valence-corrected chi connectivity index (χ1v) is 16.7. The predicted molar refractivity (Wildman–Crippen MR) is 161 cm³/mol. The molecule has 42 heavy (non-hydrogen) atoms. The van der Waals surface area contributed by atoms with E-state index in [1.54, 1.807) is 4.31 Å². The molecule has 1 N–H and O–H groups in total. The molecule has 2 aromatic carbocycles. The highest BCUT2D eigenvalue weighted by Crippen LogP contribution is 2.46. The number of fused-ring (bicyclic) bond motifs is 2. The Balaban J connectivity index is 1.74. The van der Waals surface area contributed by atoms with Gasteiger partial charge in [0.2, 0.25) is 10.0 Å². The number of ether oxygens (including phenoxy) is 2. The Hall–Kier alpha value is -2.49. The fourth-order valence-electron chi connectivity index (χ4n) is 7.17. The Labute approximate surface area is 249 Å². The lowest BCUT2D eigenvalue weighted by Crippen LogP contribution is -2.43. The third kappa shape index (κ3) is 5.60. The van der Waals surface area contributed by atoms with E-state index in [-0.39, 0.29) is 17.5 Å². The molecule has 1 fully saturated rings. The average molecular weight is 602 g/mol. The number of hydrogen-bond donors (Lipinski definition) is 1. The number of hydrogen-bond acceptors (Lipinski definition) is 5. The van der Waals surface area contributed by atoms with Crippen LogP contribution in [0.2, 0.25) is 0 Å². The summed E-state index contributed by atoms with van der Waals surface area (Å²) in [6.07, 6.45) is 4.93. The number of benzene rings is 2. The van der Waals surface area contributed by atoms with Gasteiger partial charge < -0.3 is 14.6 Å². The molecule has 0 bridgehead atoms. The molecule has 7 nitrogen and oxygen atoms in total. The molecule has 0 spiro atoms. The lowest BCUT2D eigenvalue weighted by atomic mass is 9.78. The predicted octanol–water partition coefficient (Wildman–Crippen LogP) is 6.70. The number of sulfonamides is 1. The fourth-order valence-corrected chi connectivity index (χ4v) is 9.18. The number of carboxylic acids is 1. The maximum absolute atomic E-state index is 15.6. The second kappa shape index (κ2) is 11.5. The zero-order chi connectivity index (χ0) is 30.6. The van der Waals surface area contributed by atoms with Crippen molar-refractivity contribution in [1.82, 2.24) is 4.31 Å². The van der Waals surface area contributed by atoms with Gasteiger partial charge in [0.15, 0.2) is 17.7 Å². The van der Waals surface area contributed by atoms with Gasteiger partial charge >= 0.3 is 5.97 Å². The minimum atomic E-state index is -3.49. The molecule has 5 rings (SSSR count). The smallest absolute Gasteiger partial charge is 0.337 e. The van der Waals surface area contributed by atoms with Gasteiger partial charge in [-0.05, 0) is 119 Å². The van der Waals surface area contributed by atoms with Gasteiger partial charge in [0.25, 0.3) is 0 Å². The molecular formula is C33H44FNO6S. The highest BCUT2D eigenvalue weighted by atomic mass is 32.2. The second-order valence-corrected chi connectivity index (χ2v) is 15.3. The molecule has 0 aromatic heterocycles. The molecule has 2 heterocycles. The summed E-state index contributed by atoms with van der Waals surface area (Å²) in [6.45, 7) is 12.2. The first-order chi connectivity index (χ1) is 19.7. The minimum absolute atomic E-state index is 0.224. The molecule has 230 valence electrons. The van der Waals surface area contributed by atoms with Crippen LogP contribution in [0.3, 0.4) is 0 Å². The Kier molecular flexibility index (Phi) is 8.51. The van der Waals surface area contributed by atoms with E-state index < -0.39 is 33.5 Å². The molecule has 0 radical (unpaired) electrons. The maximum atomic E-state index is 15.6. The van der Waals surface area contributed by atoms with Crippen molar-refractivity contribution in [3.63, 3.8) is 0 Å². The van der Waals surface area contributed by atoms with Crippen LogP contribution < -0.4 is 4.74 Å². The average Bonchev–Trinajstić information content (AvgIpc) is 2.95. The van der Waals surface area contributed by atoms with Crippen LogP contribution in [0, 0.1) is 26.6 Å². The highest BCUT2D eigenvalue weighted by Gasteiger charge is 2.39. The fraction of sp³-hybridized carbons (Fsp3) is 0.606. The molecule has 1 atom stereocenters. The van der Waals surface area contributed by atoms with E-state index in [1.807, 2.05) is 41.5 Å². The van der Waals surface area contributed by atoms with E-state index in [2.05, 4.69) is 0 Å². The second-order valence-electron chi connectivity index (χ2n) is 13.1. The van der Waals surface area contributed by atoms with Gasteiger partial charge in [-0.1, -0.05) is 19.3 Å². The lowest BCUT2D eigenvalue weighted by molar-refractivity contribution is -0.160. The number of carboxylic acid groups (broad SMARTS) is 1. The zero-order valence-electron chi connectivity index (χ0n) is 25.7. The van der Waals surface area contributed by atoms with Gasteiger partial charge in [-0.2, -0.15) is 4.31 Å². The molecule has 0 saturated heterocycles. The molecule has 0 amide bonds. The van der Waals surface area contributed by atoms with Crippen molar-refractivity contribution in [1.29, 1.82) is 0 Å². The Bertz CT molecular complexity index is 1500. The summed E-state index contributed by atoms with van der Waals surface area (Å²) in [5.74, 6) is -1.33. The number of carbonyl (C=O) groups is 1. The van der Waals surface area contributed by atoms with Crippen LogP contribution in [0.5, 0.6) is 5.75 Å². The van der Waals surface area contributed by atoms with E-state index in [4.69, 9.17) is 9.47 Å². The zero-order valence-corrected chi connectivity index (χ0v) is 26.5. The molecule has 3 aliphatic rings. The minimum Gasteiger partial charge on any atom is -0.490 e. The molecule has 0 unspecified atom stereocenters. The largest absolute Gasteiger partial charge is 0.490 e. The lowest BCUT2D eigenvalue weighted by Gasteiger charge is -2.37. The molecule has 2 aromatic rings. The van der Waals surface area contributed by atoms with E-state index in [1.165, 1.54) is 6.07 Å². The quantitative estimate of drug-likeness (QED) is 0.396. The number of halogens is 1. The van der Waals surface area contributed by atoms with Crippen molar-refractivity contribution in [2.45, 2.75) is 116 Å². The van der Waals surface area contributed by atoms with Crippen molar-refractivity contribution >= 4 is 16.0 Å². The number of nitrogens with zero attached hydrogens (tertiary/aromatic N) is 1. The summed E-state index contributed by atoms with van der Waals surface area (Å²) in [7, 11) is -3.49. The highest BCUT2D eigenvalue weighted by molar-refractivity contribution is 7.89. The van der Waals surface area contributed by atoms with E-state index in [0.29, 0.717) is 55.5 Å². The third-order valence-corrected chi connectivity index (χ3v) is 11.6. The van der Waals surface area contributed by atoms with Crippen LogP contribution >= 0.6 is 0 Å². The van der Waals surface area contributed by atoms with E-state index in [0.717, 1.165) is 59.1 Å². The molecule has 1 aliphatic carbocycles. The first kappa shape index (κ1) is 31.0. The summed E-state index contributed by atoms with van der Waals surface area (Å²) < 4.78 is 56.6. The van der Waals surface area contributed by atoms with Crippen LogP contribution in [0.4, 0.5) is 4.39 Å². The standard InChI is InChI=1S/C33H44FNO6S/c1-19-24-13-10-16-40-30(24)27(34)17-25(19)28-21(3)26-18-35(42(38,39)22-11-8-7-9-12-22)15-14-23(26)20(2)29(28)31(32(36)37)41-33(4,5)6/h17,22,31H,7-16,18H2,1-6H3,(H,36,37)/t31-/m1/s1. The van der Waals surface area contributed by atoms with Crippen LogP contribution in [0.15, 0.2) is 6.07 Å². The first-order valence-electron chi connectivity index (χ1n) is 15.2. The van der Waals surface area contributed by atoms with E-state index >= 15 is 4.39 Å². The van der Waals surface area contributed by atoms with Crippen molar-refractivity contribution in [3.05, 3.63) is 50.8 Å². The van der Waals surface area contributed by atoms with Crippen molar-refractivity contribution in [3.8, 4) is 16.9 Å². The Morgan fingerprint density at radius 2 is 1.71 bits per heavy atom. The SMILES string of the molecule is Cc1c(-c2c(C)c3c(c(C)c2[C@@H](OC(C)(C)C)C(=O)O)CCN(S(=O)(=O)C2CCCCC2)C3)cc(F)c2c1CCCO2. The van der Waals surface area contributed by atoms with Gasteiger partial charge in [-0.15, -0.1) is 0 Å². The number of rotatable bonds is 6. The summed E-state index contributed by atoms with van der Waals surface area (Å²) in [5, 5.41) is 10.1. The van der Waals surface area contributed by atoms with Crippen LogP contribution in [0.1, 0.15) is 104 Å². The van der Waals surface area contributed by atoms with Gasteiger partial charge in [-0.3, -0.25) is 0 Å². The van der Waals surface area contributed by atoms with Gasteiger partial charge in [0.05, 0.1) is 17.5 Å². The Morgan fingerprint density at radius 1 is 1.02 bits per heavy atom. The van der Waals surface area contributed by atoms with Gasteiger partial charge in [-0.25, -0.2) is 17.6 Å². The molecular weight excluding hydrogens is 557 g/mol. The molecule has 1 saturated carbocycles. The maximum Gasteiger partial charge on any atom is 0.337 e. The topological polar surface area (TPSA) is 93.1 Å². The van der Waals surface area contributed by atoms with Crippen LogP contribution in [-0.2, 0) is 38.9 Å². The van der Waals surface area contributed by atoms with Crippen molar-refractivity contribution in [2.24, 2.45) is 0 Å². The molecule has 2 aliphatic heterocycles. The Morgan fingerprint density at radius 3 is 2.36 bits per heavy atom. The summed E-state index contributed by atoms with van der Waals surface area (Å²) >= 11 is 0. The normalized spacial score (nSPS) is 19.1. The summed E-state index contributed by atoms with van der Waals surface area (Å²) in [6, 6.07) is 1.45. The third-order valence-electron chi connectivity index (χ3n) is 9.26. The summed E-state index contributed by atoms with van der Waals surface area (Å²) in [4.78, 5) is 12.8. The van der Waals surface area contributed by atoms with Crippen molar-refractivity contribution < 1.29 is 32.2 Å². The monoisotopic (exact) mass is 601 g/mol. The van der Waals surface area contributed by atoms with Crippen molar-refractivity contribution in [2.75, 3.05) is 13.2 Å². The van der Waals surface area contributed by atoms with E-state index in [9.17, 15) is 18.3 Å². The summed E-state index contributed by atoms with van der Waals surface area (Å²) in [5.41, 5.74) is 6.00. The van der Waals surface area contributed by atoms with Crippen LogP contribution in [-0.4, -0.2) is 47.8 Å². The number of aliphatic carboxylic acids is 1. The van der Waals surface area contributed by atoms with Crippen LogP contribution in [0.25, 0.3) is 11.1 Å². The molecule has 9 heteroatoms. The van der Waals surface area contributed by atoms with Gasteiger partial charge in [0, 0.05) is 24.2 Å².